The van der Waals surface area contributed by atoms with E-state index >= 15 is 0 Å². The van der Waals surface area contributed by atoms with Crippen LogP contribution in [0, 0.1) is 10.1 Å². The molecule has 0 fully saturated rings. The number of rotatable bonds is 5. The van der Waals surface area contributed by atoms with E-state index in [-0.39, 0.29) is 22.5 Å². The number of nitrogens with zero attached hydrogens (tertiary/aromatic N) is 2. The summed E-state index contributed by atoms with van der Waals surface area (Å²) in [5, 5.41) is 24.6. The summed E-state index contributed by atoms with van der Waals surface area (Å²) in [6.45, 7) is 4.83. The lowest BCUT2D eigenvalue weighted by Crippen LogP contribution is -2.35. The molecule has 0 aromatic heterocycles. The van der Waals surface area contributed by atoms with Gasteiger partial charge < -0.3 is 9.84 Å². The summed E-state index contributed by atoms with van der Waals surface area (Å²) in [5.41, 5.74) is 2.08. The average Bonchev–Trinajstić information content (AvgIpc) is 2.53. The van der Waals surface area contributed by atoms with Gasteiger partial charge in [-0.05, 0) is 20.8 Å². The second-order valence-corrected chi connectivity index (χ2v) is 5.66. The Balaban J connectivity index is 2.67. The predicted molar refractivity (Wildman–Crippen MR) is 88.0 cm³/mol. The SMILES string of the molecule is CC1=C(C(=O)OC(C)C)C(c2ccccc2[N+](=O)[O-])C(C(=O)O)=NN1. The van der Waals surface area contributed by atoms with E-state index in [0.717, 1.165) is 0 Å². The van der Waals surface area contributed by atoms with Crippen LogP contribution in [-0.2, 0) is 14.3 Å². The van der Waals surface area contributed by atoms with Crippen molar-refractivity contribution in [3.63, 3.8) is 0 Å². The monoisotopic (exact) mass is 347 g/mol. The molecule has 2 rings (SSSR count). The fraction of sp³-hybridized carbons (Fsp3) is 0.312. The predicted octanol–water partition coefficient (Wildman–Crippen LogP) is 1.95. The number of carbonyl (C=O) groups excluding carboxylic acids is 1. The van der Waals surface area contributed by atoms with Gasteiger partial charge in [-0.3, -0.25) is 15.5 Å². The molecule has 1 atom stereocenters. The fourth-order valence-corrected chi connectivity index (χ4v) is 2.54. The highest BCUT2D eigenvalue weighted by atomic mass is 16.6. The van der Waals surface area contributed by atoms with E-state index < -0.39 is 34.6 Å². The van der Waals surface area contributed by atoms with Crippen molar-refractivity contribution in [3.05, 3.63) is 51.2 Å². The number of hydrazone groups is 1. The van der Waals surface area contributed by atoms with Gasteiger partial charge in [0.1, 0.15) is 0 Å². The van der Waals surface area contributed by atoms with Crippen molar-refractivity contribution in [1.82, 2.24) is 5.43 Å². The van der Waals surface area contributed by atoms with Crippen molar-refractivity contribution >= 4 is 23.3 Å². The fourth-order valence-electron chi connectivity index (χ4n) is 2.54. The number of esters is 1. The first-order chi connectivity index (χ1) is 11.7. The third-order valence-electron chi connectivity index (χ3n) is 3.54. The van der Waals surface area contributed by atoms with Crippen LogP contribution in [0.15, 0.2) is 40.6 Å². The Morgan fingerprint density at radius 3 is 2.56 bits per heavy atom. The van der Waals surface area contributed by atoms with Gasteiger partial charge in [0.05, 0.1) is 22.5 Å². The Bertz CT molecular complexity index is 797. The van der Waals surface area contributed by atoms with E-state index in [1.165, 1.54) is 31.2 Å². The summed E-state index contributed by atoms with van der Waals surface area (Å²) in [4.78, 5) is 34.8. The number of nitro benzene ring substituents is 1. The summed E-state index contributed by atoms with van der Waals surface area (Å²) in [6, 6.07) is 5.65. The van der Waals surface area contributed by atoms with Gasteiger partial charge in [-0.1, -0.05) is 18.2 Å². The van der Waals surface area contributed by atoms with Crippen LogP contribution in [0.25, 0.3) is 0 Å². The highest BCUT2D eigenvalue weighted by Crippen LogP contribution is 2.36. The van der Waals surface area contributed by atoms with E-state index in [9.17, 15) is 24.8 Å². The molecule has 0 radical (unpaired) electrons. The molecule has 0 saturated heterocycles. The van der Waals surface area contributed by atoms with E-state index in [0.29, 0.717) is 0 Å². The summed E-state index contributed by atoms with van der Waals surface area (Å²) in [6.07, 6.45) is -0.439. The Hall–Kier alpha value is -3.23. The Morgan fingerprint density at radius 1 is 1.36 bits per heavy atom. The van der Waals surface area contributed by atoms with Gasteiger partial charge >= 0.3 is 11.9 Å². The number of nitrogens with one attached hydrogen (secondary N) is 1. The van der Waals surface area contributed by atoms with Crippen molar-refractivity contribution < 1.29 is 24.4 Å². The first kappa shape index (κ1) is 18.1. The van der Waals surface area contributed by atoms with Gasteiger partial charge in [0.15, 0.2) is 5.71 Å². The number of ether oxygens (including phenoxy) is 1. The first-order valence-corrected chi connectivity index (χ1v) is 7.46. The summed E-state index contributed by atoms with van der Waals surface area (Å²) in [5.74, 6) is -3.36. The lowest BCUT2D eigenvalue weighted by molar-refractivity contribution is -0.385. The largest absolute Gasteiger partial charge is 0.477 e. The van der Waals surface area contributed by atoms with Crippen LogP contribution in [0.3, 0.4) is 0 Å². The first-order valence-electron chi connectivity index (χ1n) is 7.46. The lowest BCUT2D eigenvalue weighted by Gasteiger charge is -2.26. The van der Waals surface area contributed by atoms with Gasteiger partial charge in [0.2, 0.25) is 0 Å². The molecule has 0 amide bonds. The highest BCUT2D eigenvalue weighted by molar-refractivity contribution is 6.40. The zero-order valence-electron chi connectivity index (χ0n) is 13.8. The molecule has 1 aliphatic heterocycles. The Morgan fingerprint density at radius 2 is 2.00 bits per heavy atom. The number of aliphatic carboxylic acids is 1. The molecule has 0 spiro atoms. The number of allylic oxidation sites excluding steroid dienone is 1. The number of hydrogen-bond donors (Lipinski definition) is 2. The second-order valence-electron chi connectivity index (χ2n) is 5.66. The number of carbonyl (C=O) groups is 2. The van der Waals surface area contributed by atoms with Crippen molar-refractivity contribution in [1.29, 1.82) is 0 Å². The molecule has 2 N–H and O–H groups in total. The number of nitro groups is 1. The van der Waals surface area contributed by atoms with Crippen LogP contribution in [0.4, 0.5) is 5.69 Å². The number of hydrogen-bond acceptors (Lipinski definition) is 7. The number of para-hydroxylation sites is 1. The maximum absolute atomic E-state index is 12.5. The molecule has 0 aliphatic carbocycles. The zero-order chi connectivity index (χ0) is 18.7. The molecular formula is C16H17N3O6. The van der Waals surface area contributed by atoms with Crippen LogP contribution in [0.5, 0.6) is 0 Å². The molecule has 9 heteroatoms. The molecule has 25 heavy (non-hydrogen) atoms. The minimum atomic E-state index is -1.39. The molecule has 1 unspecified atom stereocenters. The maximum Gasteiger partial charge on any atom is 0.353 e. The molecule has 1 aliphatic rings. The van der Waals surface area contributed by atoms with Gasteiger partial charge in [-0.2, -0.15) is 5.10 Å². The van der Waals surface area contributed by atoms with Crippen LogP contribution in [0.2, 0.25) is 0 Å². The Kier molecular flexibility index (Phi) is 5.16. The maximum atomic E-state index is 12.5. The number of carboxylic acid groups (broad SMARTS) is 1. The van der Waals surface area contributed by atoms with Crippen LogP contribution >= 0.6 is 0 Å². The molecule has 1 aromatic rings. The third-order valence-corrected chi connectivity index (χ3v) is 3.54. The normalized spacial score (nSPS) is 17.0. The molecular weight excluding hydrogens is 330 g/mol. The molecule has 1 heterocycles. The summed E-state index contributed by atoms with van der Waals surface area (Å²) >= 11 is 0. The molecule has 9 nitrogen and oxygen atoms in total. The number of carboxylic acids is 1. The molecule has 132 valence electrons. The van der Waals surface area contributed by atoms with Gasteiger partial charge in [-0.25, -0.2) is 9.59 Å². The summed E-state index contributed by atoms with van der Waals surface area (Å²) in [7, 11) is 0. The van der Waals surface area contributed by atoms with E-state index in [2.05, 4.69) is 10.5 Å². The van der Waals surface area contributed by atoms with Crippen LogP contribution in [0.1, 0.15) is 32.3 Å². The van der Waals surface area contributed by atoms with Gasteiger partial charge in [-0.15, -0.1) is 0 Å². The second kappa shape index (κ2) is 7.12. The standard InChI is InChI=1S/C16H17N3O6/c1-8(2)25-16(22)12-9(3)17-18-14(15(20)21)13(12)10-6-4-5-7-11(10)19(23)24/h4-8,13,17H,1-3H3,(H,20,21). The lowest BCUT2D eigenvalue weighted by atomic mass is 9.84. The van der Waals surface area contributed by atoms with Crippen LogP contribution in [-0.4, -0.2) is 33.8 Å². The Labute approximate surface area is 143 Å². The van der Waals surface area contributed by atoms with E-state index in [1.807, 2.05) is 0 Å². The summed E-state index contributed by atoms with van der Waals surface area (Å²) < 4.78 is 5.19. The van der Waals surface area contributed by atoms with Crippen LogP contribution < -0.4 is 5.43 Å². The molecule has 0 saturated carbocycles. The van der Waals surface area contributed by atoms with Gasteiger partial charge in [0.25, 0.3) is 5.69 Å². The smallest absolute Gasteiger partial charge is 0.353 e. The topological polar surface area (TPSA) is 131 Å². The average molecular weight is 347 g/mol. The van der Waals surface area contributed by atoms with Crippen molar-refractivity contribution in [2.75, 3.05) is 0 Å². The minimum Gasteiger partial charge on any atom is -0.477 e. The van der Waals surface area contributed by atoms with E-state index in [4.69, 9.17) is 4.74 Å². The van der Waals surface area contributed by atoms with E-state index in [1.54, 1.807) is 13.8 Å². The molecule has 0 bridgehead atoms. The quantitative estimate of drug-likeness (QED) is 0.473. The number of benzene rings is 1. The zero-order valence-corrected chi connectivity index (χ0v) is 13.8. The highest BCUT2D eigenvalue weighted by Gasteiger charge is 2.40. The molecule has 1 aromatic carbocycles. The van der Waals surface area contributed by atoms with Crippen molar-refractivity contribution in [3.8, 4) is 0 Å². The van der Waals surface area contributed by atoms with Crippen molar-refractivity contribution in [2.45, 2.75) is 32.8 Å². The van der Waals surface area contributed by atoms with Gasteiger partial charge in [0, 0.05) is 17.3 Å². The van der Waals surface area contributed by atoms with Crippen molar-refractivity contribution in [2.24, 2.45) is 5.10 Å². The third kappa shape index (κ3) is 3.65. The minimum absolute atomic E-state index is 0.0181.